The zero-order chi connectivity index (χ0) is 30.9. The number of aromatic amines is 2. The van der Waals surface area contributed by atoms with Gasteiger partial charge in [0, 0.05) is 53.6 Å². The van der Waals surface area contributed by atoms with Crippen LogP contribution in [0, 0.1) is 11.7 Å². The van der Waals surface area contributed by atoms with Crippen LogP contribution in [0.5, 0.6) is 0 Å². The molecule has 11 heteroatoms. The molecule has 0 bridgehead atoms. The Kier molecular flexibility index (Phi) is 7.68. The Morgan fingerprint density at radius 1 is 0.956 bits per heavy atom. The summed E-state index contributed by atoms with van der Waals surface area (Å²) in [5.41, 5.74) is 7.28. The highest BCUT2D eigenvalue weighted by Gasteiger charge is 2.23. The molecule has 45 heavy (non-hydrogen) atoms. The number of carbonyl (C=O) groups excluding carboxylic acids is 1. The number of hydrogen-bond acceptors (Lipinski definition) is 7. The maximum absolute atomic E-state index is 14.7. The molecule has 1 fully saturated rings. The van der Waals surface area contributed by atoms with E-state index in [2.05, 4.69) is 40.7 Å². The average Bonchev–Trinajstić information content (AvgIpc) is 3.80. The largest absolute Gasteiger partial charge is 0.384 e. The summed E-state index contributed by atoms with van der Waals surface area (Å²) in [4.78, 5) is 32.0. The molecule has 6 aromatic rings. The molecule has 0 spiro atoms. The van der Waals surface area contributed by atoms with Crippen LogP contribution < -0.4 is 10.6 Å². The second-order valence-electron chi connectivity index (χ2n) is 11.9. The van der Waals surface area contributed by atoms with Crippen molar-refractivity contribution in [2.75, 3.05) is 37.8 Å². The van der Waals surface area contributed by atoms with E-state index in [4.69, 9.17) is 4.98 Å². The SMILES string of the molecule is CN(C)CCNc1cc(F)cc(-c2nccc3[nH]c(-c4n[nH]c5ccc(-c6cncc(NC(=O)C7CCCC7)c6)cc45)nc23)c1. The van der Waals surface area contributed by atoms with E-state index >= 15 is 0 Å². The van der Waals surface area contributed by atoms with E-state index < -0.39 is 0 Å². The number of fused-ring (bicyclic) bond motifs is 2. The van der Waals surface area contributed by atoms with Crippen molar-refractivity contribution in [3.05, 3.63) is 72.9 Å². The van der Waals surface area contributed by atoms with Crippen LogP contribution in [0.4, 0.5) is 15.8 Å². The Balaban J connectivity index is 1.20. The van der Waals surface area contributed by atoms with Crippen molar-refractivity contribution >= 4 is 39.2 Å². The van der Waals surface area contributed by atoms with Crippen molar-refractivity contribution in [2.24, 2.45) is 5.92 Å². The summed E-state index contributed by atoms with van der Waals surface area (Å²) in [6, 6.07) is 14.7. The van der Waals surface area contributed by atoms with E-state index in [1.54, 1.807) is 18.6 Å². The van der Waals surface area contributed by atoms with Gasteiger partial charge in [-0.1, -0.05) is 18.9 Å². The maximum atomic E-state index is 14.7. The number of carbonyl (C=O) groups is 1. The number of amides is 1. The quantitative estimate of drug-likeness (QED) is 0.149. The first-order valence-electron chi connectivity index (χ1n) is 15.2. The van der Waals surface area contributed by atoms with Gasteiger partial charge in [-0.25, -0.2) is 9.37 Å². The van der Waals surface area contributed by atoms with Gasteiger partial charge in [0.05, 0.1) is 28.6 Å². The standard InChI is InChI=1S/C34H34FN9O/c1-44(2)12-11-37-25-14-22(13-24(35)17-25)30-32-29(9-10-38-30)40-33(41-32)31-27-16-21(7-8-28(27)42-43-31)23-15-26(19-36-18-23)39-34(45)20-5-3-4-6-20/h7-10,13-20,37H,3-6,11-12H2,1-2H3,(H,39,45)(H,40,41)(H,42,43). The summed E-state index contributed by atoms with van der Waals surface area (Å²) in [6.45, 7) is 1.50. The number of pyridine rings is 2. The number of anilines is 2. The van der Waals surface area contributed by atoms with Crippen molar-refractivity contribution < 1.29 is 9.18 Å². The minimum absolute atomic E-state index is 0.0628. The van der Waals surface area contributed by atoms with Crippen molar-refractivity contribution in [1.29, 1.82) is 0 Å². The molecule has 4 N–H and O–H groups in total. The second-order valence-corrected chi connectivity index (χ2v) is 11.9. The van der Waals surface area contributed by atoms with E-state index in [9.17, 15) is 9.18 Å². The molecule has 0 aliphatic heterocycles. The third-order valence-electron chi connectivity index (χ3n) is 8.31. The van der Waals surface area contributed by atoms with Crippen LogP contribution in [0.15, 0.2) is 67.1 Å². The fourth-order valence-corrected chi connectivity index (χ4v) is 5.98. The summed E-state index contributed by atoms with van der Waals surface area (Å²) >= 11 is 0. The normalized spacial score (nSPS) is 13.7. The lowest BCUT2D eigenvalue weighted by Gasteiger charge is -2.12. The second kappa shape index (κ2) is 12.1. The van der Waals surface area contributed by atoms with E-state index in [0.717, 1.165) is 59.8 Å². The Hall–Kier alpha value is -5.16. The lowest BCUT2D eigenvalue weighted by molar-refractivity contribution is -0.119. The molecule has 10 nitrogen and oxygen atoms in total. The molecule has 0 saturated heterocycles. The summed E-state index contributed by atoms with van der Waals surface area (Å²) in [7, 11) is 3.99. The van der Waals surface area contributed by atoms with E-state index in [1.807, 2.05) is 50.5 Å². The number of aromatic nitrogens is 6. The zero-order valence-electron chi connectivity index (χ0n) is 25.2. The molecule has 0 unspecified atom stereocenters. The van der Waals surface area contributed by atoms with Crippen LogP contribution in [-0.4, -0.2) is 68.1 Å². The molecular formula is C34H34FN9O. The minimum Gasteiger partial charge on any atom is -0.384 e. The van der Waals surface area contributed by atoms with E-state index in [-0.39, 0.29) is 17.6 Å². The number of rotatable bonds is 9. The summed E-state index contributed by atoms with van der Waals surface area (Å²) in [5.74, 6) is 0.356. The molecule has 2 aromatic carbocycles. The lowest BCUT2D eigenvalue weighted by Crippen LogP contribution is -2.20. The van der Waals surface area contributed by atoms with E-state index in [0.29, 0.717) is 46.2 Å². The van der Waals surface area contributed by atoms with Crippen molar-refractivity contribution in [3.8, 4) is 33.9 Å². The summed E-state index contributed by atoms with van der Waals surface area (Å²) in [5, 5.41) is 14.9. The summed E-state index contributed by atoms with van der Waals surface area (Å²) in [6.07, 6.45) is 9.24. The van der Waals surface area contributed by atoms with Crippen molar-refractivity contribution in [2.45, 2.75) is 25.7 Å². The fraction of sp³-hybridized carbons (Fsp3) is 0.265. The summed E-state index contributed by atoms with van der Waals surface area (Å²) < 4.78 is 14.7. The Labute approximate surface area is 259 Å². The molecule has 4 heterocycles. The molecule has 0 atom stereocenters. The molecule has 4 aromatic heterocycles. The van der Waals surface area contributed by atoms with Crippen LogP contribution in [0.3, 0.4) is 0 Å². The van der Waals surface area contributed by atoms with Gasteiger partial charge in [0.1, 0.15) is 17.0 Å². The minimum atomic E-state index is -0.350. The predicted octanol–water partition coefficient (Wildman–Crippen LogP) is 6.47. The third kappa shape index (κ3) is 5.99. The predicted molar refractivity (Wildman–Crippen MR) is 175 cm³/mol. The molecule has 1 aliphatic carbocycles. The maximum Gasteiger partial charge on any atom is 0.227 e. The molecule has 1 amide bonds. The monoisotopic (exact) mass is 603 g/mol. The van der Waals surface area contributed by atoms with Gasteiger partial charge in [0.2, 0.25) is 5.91 Å². The van der Waals surface area contributed by atoms with Crippen LogP contribution in [-0.2, 0) is 4.79 Å². The Morgan fingerprint density at radius 3 is 2.64 bits per heavy atom. The van der Waals surface area contributed by atoms with Gasteiger partial charge in [0.25, 0.3) is 0 Å². The number of halogens is 1. The molecular weight excluding hydrogens is 569 g/mol. The van der Waals surface area contributed by atoms with Crippen molar-refractivity contribution in [1.82, 2.24) is 35.0 Å². The Morgan fingerprint density at radius 2 is 1.80 bits per heavy atom. The number of hydrogen-bond donors (Lipinski definition) is 4. The molecule has 1 aliphatic rings. The van der Waals surface area contributed by atoms with Gasteiger partial charge in [-0.2, -0.15) is 5.10 Å². The van der Waals surface area contributed by atoms with Crippen LogP contribution >= 0.6 is 0 Å². The first-order valence-corrected chi connectivity index (χ1v) is 15.2. The number of likely N-dealkylation sites (N-methyl/N-ethyl adjacent to an activating group) is 1. The average molecular weight is 604 g/mol. The molecule has 1 saturated carbocycles. The van der Waals surface area contributed by atoms with Gasteiger partial charge >= 0.3 is 0 Å². The van der Waals surface area contributed by atoms with Crippen molar-refractivity contribution in [3.63, 3.8) is 0 Å². The van der Waals surface area contributed by atoms with Gasteiger partial charge in [-0.15, -0.1) is 0 Å². The highest BCUT2D eigenvalue weighted by molar-refractivity contribution is 5.98. The number of nitrogens with one attached hydrogen (secondary N) is 4. The van der Waals surface area contributed by atoms with Crippen LogP contribution in [0.1, 0.15) is 25.7 Å². The number of H-pyrrole nitrogens is 2. The third-order valence-corrected chi connectivity index (χ3v) is 8.31. The molecule has 228 valence electrons. The highest BCUT2D eigenvalue weighted by atomic mass is 19.1. The molecule has 7 rings (SSSR count). The fourth-order valence-electron chi connectivity index (χ4n) is 5.98. The number of benzene rings is 2. The molecule has 0 radical (unpaired) electrons. The number of nitrogens with zero attached hydrogens (tertiary/aromatic N) is 5. The Bertz CT molecular complexity index is 2010. The first-order chi connectivity index (χ1) is 21.9. The number of imidazole rings is 1. The lowest BCUT2D eigenvalue weighted by atomic mass is 10.0. The zero-order valence-corrected chi connectivity index (χ0v) is 25.2. The van der Waals surface area contributed by atoms with Gasteiger partial charge in [0.15, 0.2) is 5.82 Å². The first kappa shape index (κ1) is 28.6. The van der Waals surface area contributed by atoms with Crippen LogP contribution in [0.25, 0.3) is 55.8 Å². The highest BCUT2D eigenvalue weighted by Crippen LogP contribution is 2.34. The topological polar surface area (TPSA) is 128 Å². The van der Waals surface area contributed by atoms with Gasteiger partial charge in [-0.3, -0.25) is 19.9 Å². The van der Waals surface area contributed by atoms with E-state index in [1.165, 1.54) is 12.1 Å². The smallest absolute Gasteiger partial charge is 0.227 e. The van der Waals surface area contributed by atoms with Gasteiger partial charge in [-0.05, 0) is 75.0 Å². The van der Waals surface area contributed by atoms with Crippen LogP contribution in [0.2, 0.25) is 0 Å². The van der Waals surface area contributed by atoms with Gasteiger partial charge < -0.3 is 20.5 Å².